The average Bonchev–Trinajstić information content (AvgIpc) is 2.75. The van der Waals surface area contributed by atoms with E-state index in [9.17, 15) is 10.1 Å². The van der Waals surface area contributed by atoms with Gasteiger partial charge < -0.3 is 4.74 Å². The van der Waals surface area contributed by atoms with Crippen LogP contribution in [0, 0.1) is 23.0 Å². The minimum absolute atomic E-state index is 0.0630. The second kappa shape index (κ2) is 7.87. The van der Waals surface area contributed by atoms with Crippen LogP contribution in [0.1, 0.15) is 41.3 Å². The Bertz CT molecular complexity index is 1030. The summed E-state index contributed by atoms with van der Waals surface area (Å²) in [6.07, 6.45) is -0.162. The van der Waals surface area contributed by atoms with Gasteiger partial charge in [-0.2, -0.15) is 0 Å². The number of nitrogens with zero attached hydrogens (tertiary/aromatic N) is 2. The summed E-state index contributed by atoms with van der Waals surface area (Å²) in [5.41, 5.74) is 4.21. The van der Waals surface area contributed by atoms with Crippen LogP contribution in [0.2, 0.25) is 0 Å². The standard InChI is InChI=1S/C24H22N2O3/c1-16-8-10-20(11-9-16)24-25-22(18-12-14-21(15-13-18)26(27)28)17(2)23(29-24)19-6-4-3-5-7-19/h3-15,17,22-23H,1-2H3/t17-,22+,23-/m1/s1. The average molecular weight is 386 g/mol. The van der Waals surface area contributed by atoms with Crippen LogP contribution in [0.4, 0.5) is 5.69 Å². The zero-order valence-electron chi connectivity index (χ0n) is 16.4. The molecular formula is C24H22N2O3. The van der Waals surface area contributed by atoms with Gasteiger partial charge in [0.15, 0.2) is 0 Å². The smallest absolute Gasteiger partial charge is 0.269 e. The number of aryl methyl sites for hydroxylation is 1. The van der Waals surface area contributed by atoms with Crippen molar-refractivity contribution in [3.8, 4) is 0 Å². The number of hydrogen-bond donors (Lipinski definition) is 0. The van der Waals surface area contributed by atoms with Gasteiger partial charge in [0.05, 0.1) is 11.0 Å². The summed E-state index contributed by atoms with van der Waals surface area (Å²) in [6.45, 7) is 4.15. The quantitative estimate of drug-likeness (QED) is 0.420. The van der Waals surface area contributed by atoms with Crippen LogP contribution in [0.5, 0.6) is 0 Å². The van der Waals surface area contributed by atoms with Crippen LogP contribution in [-0.4, -0.2) is 10.8 Å². The molecule has 0 bridgehead atoms. The van der Waals surface area contributed by atoms with E-state index in [0.29, 0.717) is 5.90 Å². The number of nitro groups is 1. The Balaban J connectivity index is 1.77. The summed E-state index contributed by atoms with van der Waals surface area (Å²) in [7, 11) is 0. The van der Waals surface area contributed by atoms with E-state index in [0.717, 1.165) is 16.7 Å². The predicted molar refractivity (Wildman–Crippen MR) is 113 cm³/mol. The summed E-state index contributed by atoms with van der Waals surface area (Å²) in [4.78, 5) is 15.5. The van der Waals surface area contributed by atoms with Crippen molar-refractivity contribution in [2.24, 2.45) is 10.9 Å². The summed E-state index contributed by atoms with van der Waals surface area (Å²) >= 11 is 0. The fourth-order valence-electron chi connectivity index (χ4n) is 3.69. The molecule has 5 nitrogen and oxygen atoms in total. The van der Waals surface area contributed by atoms with Crippen molar-refractivity contribution in [2.75, 3.05) is 0 Å². The third-order valence-corrected chi connectivity index (χ3v) is 5.34. The van der Waals surface area contributed by atoms with Gasteiger partial charge in [-0.1, -0.05) is 67.1 Å². The minimum Gasteiger partial charge on any atom is -0.469 e. The van der Waals surface area contributed by atoms with Gasteiger partial charge in [-0.05, 0) is 30.2 Å². The number of non-ortho nitro benzene ring substituents is 1. The molecule has 0 saturated carbocycles. The minimum atomic E-state index is -0.384. The predicted octanol–water partition coefficient (Wildman–Crippen LogP) is 5.80. The molecule has 3 aromatic rings. The van der Waals surface area contributed by atoms with Gasteiger partial charge in [-0.25, -0.2) is 4.99 Å². The fraction of sp³-hybridized carbons (Fsp3) is 0.208. The van der Waals surface area contributed by atoms with E-state index in [1.165, 1.54) is 17.7 Å². The molecule has 146 valence electrons. The largest absolute Gasteiger partial charge is 0.469 e. The lowest BCUT2D eigenvalue weighted by atomic mass is 9.85. The molecule has 5 heteroatoms. The number of rotatable bonds is 4. The van der Waals surface area contributed by atoms with Gasteiger partial charge in [0.2, 0.25) is 5.90 Å². The molecule has 0 aromatic heterocycles. The maximum atomic E-state index is 11.0. The van der Waals surface area contributed by atoms with Crippen molar-refractivity contribution in [3.05, 3.63) is 111 Å². The van der Waals surface area contributed by atoms with Crippen molar-refractivity contribution in [1.29, 1.82) is 0 Å². The van der Waals surface area contributed by atoms with Crippen LogP contribution in [-0.2, 0) is 4.74 Å². The molecule has 0 fully saturated rings. The van der Waals surface area contributed by atoms with Gasteiger partial charge in [-0.15, -0.1) is 0 Å². The van der Waals surface area contributed by atoms with Gasteiger partial charge in [0, 0.05) is 23.6 Å². The molecular weight excluding hydrogens is 364 g/mol. The third kappa shape index (κ3) is 3.90. The lowest BCUT2D eigenvalue weighted by Crippen LogP contribution is -2.28. The highest BCUT2D eigenvalue weighted by Crippen LogP contribution is 2.42. The molecule has 3 atom stereocenters. The molecule has 0 spiro atoms. The zero-order valence-corrected chi connectivity index (χ0v) is 16.4. The lowest BCUT2D eigenvalue weighted by Gasteiger charge is -2.35. The SMILES string of the molecule is Cc1ccc(C2=N[C@H](c3ccc([N+](=O)[O-])cc3)[C@@H](C)[C@H](c3ccccc3)O2)cc1. The second-order valence-corrected chi connectivity index (χ2v) is 7.40. The molecule has 3 aromatic carbocycles. The number of hydrogen-bond acceptors (Lipinski definition) is 4. The maximum absolute atomic E-state index is 11.0. The van der Waals surface area contributed by atoms with E-state index in [1.807, 2.05) is 49.4 Å². The number of benzene rings is 3. The molecule has 0 aliphatic carbocycles. The first-order valence-corrected chi connectivity index (χ1v) is 9.64. The van der Waals surface area contributed by atoms with E-state index in [4.69, 9.17) is 9.73 Å². The molecule has 0 saturated heterocycles. The third-order valence-electron chi connectivity index (χ3n) is 5.34. The Kier molecular flexibility index (Phi) is 5.12. The molecule has 29 heavy (non-hydrogen) atoms. The van der Waals surface area contributed by atoms with Crippen LogP contribution < -0.4 is 0 Å². The van der Waals surface area contributed by atoms with Gasteiger partial charge in [0.1, 0.15) is 6.10 Å². The van der Waals surface area contributed by atoms with E-state index < -0.39 is 0 Å². The molecule has 0 N–H and O–H groups in total. The first-order valence-electron chi connectivity index (χ1n) is 9.64. The maximum Gasteiger partial charge on any atom is 0.269 e. The fourth-order valence-corrected chi connectivity index (χ4v) is 3.69. The molecule has 1 aliphatic rings. The molecule has 0 radical (unpaired) electrons. The van der Waals surface area contributed by atoms with E-state index in [1.54, 1.807) is 12.1 Å². The highest BCUT2D eigenvalue weighted by Gasteiger charge is 2.35. The van der Waals surface area contributed by atoms with Crippen molar-refractivity contribution in [3.63, 3.8) is 0 Å². The first-order chi connectivity index (χ1) is 14.0. The molecule has 0 unspecified atom stereocenters. The normalized spacial score (nSPS) is 21.2. The highest BCUT2D eigenvalue weighted by atomic mass is 16.6. The molecule has 1 aliphatic heterocycles. The van der Waals surface area contributed by atoms with Crippen molar-refractivity contribution < 1.29 is 9.66 Å². The lowest BCUT2D eigenvalue weighted by molar-refractivity contribution is -0.384. The summed E-state index contributed by atoms with van der Waals surface area (Å²) in [6, 6.07) is 24.7. The van der Waals surface area contributed by atoms with Crippen molar-refractivity contribution >= 4 is 11.6 Å². The van der Waals surface area contributed by atoms with Crippen molar-refractivity contribution in [2.45, 2.75) is 26.0 Å². The Morgan fingerprint density at radius 3 is 2.17 bits per heavy atom. The van der Waals surface area contributed by atoms with Crippen molar-refractivity contribution in [1.82, 2.24) is 0 Å². The van der Waals surface area contributed by atoms with Crippen LogP contribution in [0.25, 0.3) is 0 Å². The molecule has 4 rings (SSSR count). The number of aliphatic imine (C=N–C) groups is 1. The monoisotopic (exact) mass is 386 g/mol. The summed E-state index contributed by atoms with van der Waals surface area (Å²) in [5.74, 6) is 0.661. The van der Waals surface area contributed by atoms with E-state index in [2.05, 4.69) is 19.1 Å². The van der Waals surface area contributed by atoms with E-state index in [-0.39, 0.29) is 28.7 Å². The Morgan fingerprint density at radius 1 is 0.897 bits per heavy atom. The van der Waals surface area contributed by atoms with Crippen LogP contribution in [0.3, 0.4) is 0 Å². The number of ether oxygens (including phenoxy) is 1. The topological polar surface area (TPSA) is 64.7 Å². The second-order valence-electron chi connectivity index (χ2n) is 7.40. The zero-order chi connectivity index (χ0) is 20.4. The van der Waals surface area contributed by atoms with Gasteiger partial charge in [0.25, 0.3) is 5.69 Å². The summed E-state index contributed by atoms with van der Waals surface area (Å²) < 4.78 is 6.37. The van der Waals surface area contributed by atoms with Gasteiger partial charge in [-0.3, -0.25) is 10.1 Å². The Labute approximate surface area is 169 Å². The Hall–Kier alpha value is -3.47. The summed E-state index contributed by atoms with van der Waals surface area (Å²) in [5, 5.41) is 11.0. The van der Waals surface area contributed by atoms with E-state index >= 15 is 0 Å². The molecule has 0 amide bonds. The first kappa shape index (κ1) is 18.9. The van der Waals surface area contributed by atoms with Crippen LogP contribution in [0.15, 0.2) is 83.9 Å². The van der Waals surface area contributed by atoms with Gasteiger partial charge >= 0.3 is 0 Å². The highest BCUT2D eigenvalue weighted by molar-refractivity contribution is 5.95. The number of nitro benzene ring substituents is 1. The Morgan fingerprint density at radius 2 is 1.55 bits per heavy atom. The molecule has 1 heterocycles. The van der Waals surface area contributed by atoms with Crippen LogP contribution >= 0.6 is 0 Å².